The first-order valence-corrected chi connectivity index (χ1v) is 6.91. The van der Waals surface area contributed by atoms with E-state index in [1.807, 2.05) is 34.6 Å². The molecule has 1 amide bonds. The van der Waals surface area contributed by atoms with Crippen molar-refractivity contribution in [3.8, 4) is 5.75 Å². The van der Waals surface area contributed by atoms with Gasteiger partial charge in [-0.05, 0) is 57.4 Å². The first kappa shape index (κ1) is 15.1. The summed E-state index contributed by atoms with van der Waals surface area (Å²) in [7, 11) is 0. The number of benzene rings is 1. The van der Waals surface area contributed by atoms with Crippen LogP contribution in [0.5, 0.6) is 5.75 Å². The molecule has 0 saturated heterocycles. The van der Waals surface area contributed by atoms with Crippen molar-refractivity contribution in [2.45, 2.75) is 41.0 Å². The number of aromatic amines is 1. The van der Waals surface area contributed by atoms with E-state index >= 15 is 0 Å². The lowest BCUT2D eigenvalue weighted by atomic mass is 10.0. The molecular weight excluding hydrogens is 266 g/mol. The van der Waals surface area contributed by atoms with Crippen LogP contribution in [0.3, 0.4) is 0 Å². The zero-order chi connectivity index (χ0) is 15.7. The van der Waals surface area contributed by atoms with Crippen LogP contribution >= 0.6 is 0 Å². The van der Waals surface area contributed by atoms with Gasteiger partial charge in [0, 0.05) is 16.9 Å². The molecule has 0 radical (unpaired) electrons. The number of carbonyl (C=O) groups excluding carboxylic acids is 1. The Morgan fingerprint density at radius 2 is 1.90 bits per heavy atom. The molecule has 1 aromatic carbocycles. The zero-order valence-corrected chi connectivity index (χ0v) is 13.1. The molecule has 0 aliphatic heterocycles. The van der Waals surface area contributed by atoms with Gasteiger partial charge >= 0.3 is 0 Å². The minimum absolute atomic E-state index is 0.0878. The number of phenolic OH excluding ortho intramolecular Hbond substituents is 1. The molecule has 21 heavy (non-hydrogen) atoms. The number of H-pyrrole nitrogens is 1. The molecule has 2 rings (SSSR count). The number of hydrogen-bond donors (Lipinski definition) is 3. The standard InChI is InChI=1S/C16H21N3O2/c1-8-6-14(9(2)10(3)16(8)21)17-15(20)7-13-11(4)18-19-12(13)5/h6,21H,7H2,1-5H3,(H,17,20)(H,18,19). The first-order valence-electron chi connectivity index (χ1n) is 6.91. The van der Waals surface area contributed by atoms with Crippen molar-refractivity contribution in [2.24, 2.45) is 0 Å². The Morgan fingerprint density at radius 3 is 2.48 bits per heavy atom. The van der Waals surface area contributed by atoms with E-state index in [1.54, 1.807) is 6.07 Å². The molecule has 0 saturated carbocycles. The number of phenols is 1. The summed E-state index contributed by atoms with van der Waals surface area (Å²) in [4.78, 5) is 12.2. The average Bonchev–Trinajstić information content (AvgIpc) is 2.74. The SMILES string of the molecule is Cc1cc(NC(=O)Cc2c(C)n[nH]c2C)c(C)c(C)c1O. The fourth-order valence-corrected chi connectivity index (χ4v) is 2.39. The highest BCUT2D eigenvalue weighted by atomic mass is 16.3. The Labute approximate surface area is 124 Å². The summed E-state index contributed by atoms with van der Waals surface area (Å²) in [6, 6.07) is 1.80. The largest absolute Gasteiger partial charge is 0.507 e. The topological polar surface area (TPSA) is 78.0 Å². The molecule has 0 fully saturated rings. The number of carbonyl (C=O) groups is 1. The van der Waals surface area contributed by atoms with Crippen LogP contribution in [0.2, 0.25) is 0 Å². The molecule has 0 atom stereocenters. The summed E-state index contributed by atoms with van der Waals surface area (Å²) in [5, 5.41) is 19.8. The van der Waals surface area contributed by atoms with Gasteiger partial charge in [0.25, 0.3) is 0 Å². The van der Waals surface area contributed by atoms with Gasteiger partial charge in [0.2, 0.25) is 5.91 Å². The van der Waals surface area contributed by atoms with Gasteiger partial charge in [0.1, 0.15) is 5.75 Å². The van der Waals surface area contributed by atoms with Crippen molar-refractivity contribution < 1.29 is 9.90 Å². The highest BCUT2D eigenvalue weighted by Crippen LogP contribution is 2.30. The molecule has 2 aromatic rings. The second kappa shape index (κ2) is 5.60. The number of hydrogen-bond acceptors (Lipinski definition) is 3. The molecule has 3 N–H and O–H groups in total. The maximum atomic E-state index is 12.2. The van der Waals surface area contributed by atoms with Gasteiger partial charge in [-0.3, -0.25) is 9.89 Å². The third-order valence-electron chi connectivity index (χ3n) is 3.95. The van der Waals surface area contributed by atoms with Crippen molar-refractivity contribution in [2.75, 3.05) is 5.32 Å². The Kier molecular flexibility index (Phi) is 4.02. The lowest BCUT2D eigenvalue weighted by Gasteiger charge is -2.14. The second-order valence-corrected chi connectivity index (χ2v) is 5.48. The van der Waals surface area contributed by atoms with Gasteiger partial charge in [0.05, 0.1) is 12.1 Å². The summed E-state index contributed by atoms with van der Waals surface area (Å²) >= 11 is 0. The number of aromatic hydroxyl groups is 1. The van der Waals surface area contributed by atoms with Crippen molar-refractivity contribution in [1.82, 2.24) is 10.2 Å². The predicted octanol–water partition coefficient (Wildman–Crippen LogP) is 2.84. The predicted molar refractivity (Wildman–Crippen MR) is 82.7 cm³/mol. The smallest absolute Gasteiger partial charge is 0.228 e. The normalized spacial score (nSPS) is 10.7. The number of nitrogens with one attached hydrogen (secondary N) is 2. The molecule has 0 aliphatic carbocycles. The zero-order valence-electron chi connectivity index (χ0n) is 13.1. The highest BCUT2D eigenvalue weighted by molar-refractivity contribution is 5.93. The van der Waals surface area contributed by atoms with Crippen LogP contribution < -0.4 is 5.32 Å². The minimum atomic E-state index is -0.0878. The van der Waals surface area contributed by atoms with Gasteiger partial charge in [-0.1, -0.05) is 0 Å². The number of aromatic nitrogens is 2. The first-order chi connectivity index (χ1) is 9.81. The van der Waals surface area contributed by atoms with Gasteiger partial charge in [-0.15, -0.1) is 0 Å². The van der Waals surface area contributed by atoms with E-state index in [2.05, 4.69) is 15.5 Å². The Balaban J connectivity index is 2.21. The monoisotopic (exact) mass is 287 g/mol. The molecule has 0 unspecified atom stereocenters. The van der Waals surface area contributed by atoms with E-state index < -0.39 is 0 Å². The average molecular weight is 287 g/mol. The molecule has 112 valence electrons. The number of amides is 1. The lowest BCUT2D eigenvalue weighted by Crippen LogP contribution is -2.16. The molecule has 1 aromatic heterocycles. The Hall–Kier alpha value is -2.30. The van der Waals surface area contributed by atoms with Crippen molar-refractivity contribution in [1.29, 1.82) is 0 Å². The lowest BCUT2D eigenvalue weighted by molar-refractivity contribution is -0.115. The fourth-order valence-electron chi connectivity index (χ4n) is 2.39. The van der Waals surface area contributed by atoms with Gasteiger partial charge < -0.3 is 10.4 Å². The molecule has 0 aliphatic rings. The van der Waals surface area contributed by atoms with Gasteiger partial charge in [-0.25, -0.2) is 0 Å². The summed E-state index contributed by atoms with van der Waals surface area (Å²) < 4.78 is 0. The van der Waals surface area contributed by atoms with Crippen LogP contribution in [0.15, 0.2) is 6.07 Å². The van der Waals surface area contributed by atoms with Gasteiger partial charge in [-0.2, -0.15) is 5.10 Å². The minimum Gasteiger partial charge on any atom is -0.507 e. The number of rotatable bonds is 3. The molecule has 1 heterocycles. The third kappa shape index (κ3) is 2.91. The molecule has 0 spiro atoms. The van der Waals surface area contributed by atoms with E-state index in [9.17, 15) is 9.90 Å². The van der Waals surface area contributed by atoms with Crippen molar-refractivity contribution in [3.05, 3.63) is 39.7 Å². The van der Waals surface area contributed by atoms with E-state index in [0.29, 0.717) is 0 Å². The van der Waals surface area contributed by atoms with Crippen LogP contribution in [-0.2, 0) is 11.2 Å². The summed E-state index contributed by atoms with van der Waals surface area (Å²) in [5.41, 5.74) is 5.86. The second-order valence-electron chi connectivity index (χ2n) is 5.48. The molecule has 0 bridgehead atoms. The fraction of sp³-hybridized carbons (Fsp3) is 0.375. The van der Waals surface area contributed by atoms with E-state index in [-0.39, 0.29) is 18.1 Å². The van der Waals surface area contributed by atoms with Crippen molar-refractivity contribution >= 4 is 11.6 Å². The van der Waals surface area contributed by atoms with Crippen LogP contribution in [-0.4, -0.2) is 21.2 Å². The number of aryl methyl sites for hydroxylation is 3. The summed E-state index contributed by atoms with van der Waals surface area (Å²) in [5.74, 6) is 0.196. The number of nitrogens with zero attached hydrogens (tertiary/aromatic N) is 1. The Bertz CT molecular complexity index is 683. The van der Waals surface area contributed by atoms with Gasteiger partial charge in [0.15, 0.2) is 0 Å². The van der Waals surface area contributed by atoms with Crippen LogP contribution in [0.25, 0.3) is 0 Å². The van der Waals surface area contributed by atoms with E-state index in [1.165, 1.54) is 0 Å². The molecule has 5 heteroatoms. The third-order valence-corrected chi connectivity index (χ3v) is 3.95. The maximum absolute atomic E-state index is 12.2. The number of anilines is 1. The van der Waals surface area contributed by atoms with E-state index in [0.717, 1.165) is 39.3 Å². The molecule has 5 nitrogen and oxygen atoms in total. The Morgan fingerprint density at radius 1 is 1.24 bits per heavy atom. The maximum Gasteiger partial charge on any atom is 0.228 e. The summed E-state index contributed by atoms with van der Waals surface area (Å²) in [6.07, 6.45) is 0.284. The highest BCUT2D eigenvalue weighted by Gasteiger charge is 2.14. The summed E-state index contributed by atoms with van der Waals surface area (Å²) in [6.45, 7) is 9.34. The van der Waals surface area contributed by atoms with E-state index in [4.69, 9.17) is 0 Å². The van der Waals surface area contributed by atoms with Crippen molar-refractivity contribution in [3.63, 3.8) is 0 Å². The molecular formula is C16H21N3O2. The van der Waals surface area contributed by atoms with Crippen LogP contribution in [0.4, 0.5) is 5.69 Å². The van der Waals surface area contributed by atoms with Crippen LogP contribution in [0, 0.1) is 34.6 Å². The quantitative estimate of drug-likeness (QED) is 0.760. The van der Waals surface area contributed by atoms with Crippen LogP contribution in [0.1, 0.15) is 33.6 Å².